The molecule has 186 valence electrons. The number of carbonyl (C=O) groups is 6. The van der Waals surface area contributed by atoms with Gasteiger partial charge in [-0.2, -0.15) is 0 Å². The van der Waals surface area contributed by atoms with Gasteiger partial charge in [-0.1, -0.05) is 44.2 Å². The molecular weight excluding hydrogens is 453 g/mol. The molecule has 1 rings (SSSR count). The van der Waals surface area contributed by atoms with Crippen LogP contribution >= 0.6 is 0 Å². The van der Waals surface area contributed by atoms with E-state index in [2.05, 4.69) is 10.6 Å². The highest BCUT2D eigenvalue weighted by Gasteiger charge is 2.32. The topological polar surface area (TPSA) is 168 Å². The molecule has 0 radical (unpaired) electrons. The lowest BCUT2D eigenvalue weighted by Gasteiger charge is -2.24. The summed E-state index contributed by atoms with van der Waals surface area (Å²) in [5.41, 5.74) is 0.741. The molecule has 1 aromatic rings. The normalized spacial score (nSPS) is 13.2. The number of ether oxygens (including phenoxy) is 1. The second-order valence-corrected chi connectivity index (χ2v) is 7.74. The number of alkyl carbamates (subject to hydrolysis) is 1. The lowest BCUT2D eigenvalue weighted by molar-refractivity contribution is -0.143. The molecule has 34 heavy (non-hydrogen) atoms. The first-order chi connectivity index (χ1) is 16.0. The second-order valence-electron chi connectivity index (χ2n) is 7.74. The van der Waals surface area contributed by atoms with Gasteiger partial charge in [0.1, 0.15) is 24.7 Å². The Morgan fingerprint density at radius 3 is 2.09 bits per heavy atom. The number of rotatable bonds is 13. The standard InChI is InChI=1S/C22H28FN3O8/c1-12(2)18(26-22(33)34-11-14-7-5-4-6-8-14)21(32)24-13(3)20(31)25-15(9-17(28)29)19(30)16(27)10-23/h4-8,12-13,15,18H,9-11H2,1-3H3,(H,24,32)(H,25,31)(H,26,33)(H,28,29)/t13-,15?,18-/m0/s1. The van der Waals surface area contributed by atoms with E-state index in [0.717, 1.165) is 5.56 Å². The molecule has 0 aliphatic heterocycles. The fourth-order valence-electron chi connectivity index (χ4n) is 2.74. The van der Waals surface area contributed by atoms with Crippen LogP contribution < -0.4 is 16.0 Å². The minimum absolute atomic E-state index is 0.0193. The lowest BCUT2D eigenvalue weighted by atomic mass is 10.0. The van der Waals surface area contributed by atoms with Crippen LogP contribution in [0.15, 0.2) is 30.3 Å². The molecule has 0 bridgehead atoms. The zero-order chi connectivity index (χ0) is 25.8. The van der Waals surface area contributed by atoms with Gasteiger partial charge in [0.15, 0.2) is 6.67 Å². The van der Waals surface area contributed by atoms with E-state index in [4.69, 9.17) is 9.84 Å². The minimum atomic E-state index is -1.79. The van der Waals surface area contributed by atoms with Gasteiger partial charge in [-0.3, -0.25) is 24.0 Å². The third kappa shape index (κ3) is 9.35. The van der Waals surface area contributed by atoms with E-state index in [1.54, 1.807) is 44.2 Å². The van der Waals surface area contributed by atoms with Gasteiger partial charge in [0.05, 0.1) is 6.42 Å². The number of nitrogens with one attached hydrogen (secondary N) is 3. The number of carboxylic acid groups (broad SMARTS) is 1. The summed E-state index contributed by atoms with van der Waals surface area (Å²) in [6.45, 7) is 2.89. The molecule has 12 heteroatoms. The lowest BCUT2D eigenvalue weighted by Crippen LogP contribution is -2.56. The Bertz CT molecular complexity index is 907. The van der Waals surface area contributed by atoms with Crippen LogP contribution in [0.1, 0.15) is 32.8 Å². The average molecular weight is 481 g/mol. The molecule has 1 unspecified atom stereocenters. The van der Waals surface area contributed by atoms with E-state index in [0.29, 0.717) is 0 Å². The monoisotopic (exact) mass is 481 g/mol. The number of carbonyl (C=O) groups excluding carboxylic acids is 5. The van der Waals surface area contributed by atoms with Crippen LogP contribution in [0.4, 0.5) is 9.18 Å². The predicted molar refractivity (Wildman–Crippen MR) is 116 cm³/mol. The first-order valence-corrected chi connectivity index (χ1v) is 10.4. The van der Waals surface area contributed by atoms with Crippen LogP contribution in [-0.2, 0) is 35.3 Å². The zero-order valence-electron chi connectivity index (χ0n) is 19.0. The summed E-state index contributed by atoms with van der Waals surface area (Å²) in [6.07, 6.45) is -1.80. The number of aliphatic carboxylic acids is 1. The Hall–Kier alpha value is -3.83. The molecule has 0 aliphatic rings. The summed E-state index contributed by atoms with van der Waals surface area (Å²) in [6, 6.07) is 4.71. The van der Waals surface area contributed by atoms with E-state index in [1.165, 1.54) is 6.92 Å². The third-order valence-electron chi connectivity index (χ3n) is 4.60. The van der Waals surface area contributed by atoms with Gasteiger partial charge in [-0.05, 0) is 18.4 Å². The van der Waals surface area contributed by atoms with Crippen LogP contribution in [0.5, 0.6) is 0 Å². The third-order valence-corrected chi connectivity index (χ3v) is 4.60. The van der Waals surface area contributed by atoms with Crippen LogP contribution in [0, 0.1) is 5.92 Å². The first kappa shape index (κ1) is 28.2. The number of benzene rings is 1. The van der Waals surface area contributed by atoms with Gasteiger partial charge in [-0.15, -0.1) is 0 Å². The molecule has 0 heterocycles. The number of carboxylic acids is 1. The van der Waals surface area contributed by atoms with Gasteiger partial charge in [-0.25, -0.2) is 9.18 Å². The molecular formula is C22H28FN3O8. The number of hydrogen-bond donors (Lipinski definition) is 4. The molecule has 0 saturated heterocycles. The Morgan fingerprint density at radius 2 is 1.56 bits per heavy atom. The molecule has 0 spiro atoms. The highest BCUT2D eigenvalue weighted by molar-refractivity contribution is 6.40. The van der Waals surface area contributed by atoms with Crippen molar-refractivity contribution >= 4 is 35.4 Å². The summed E-state index contributed by atoms with van der Waals surface area (Å²) < 4.78 is 17.6. The number of hydrogen-bond acceptors (Lipinski definition) is 7. The zero-order valence-corrected chi connectivity index (χ0v) is 19.0. The SMILES string of the molecule is CC(C)[C@H](NC(=O)OCc1ccccc1)C(=O)N[C@@H](C)C(=O)NC(CC(=O)O)C(=O)C(=O)CF. The smallest absolute Gasteiger partial charge is 0.408 e. The summed E-state index contributed by atoms with van der Waals surface area (Å²) in [5.74, 6) is -6.51. The van der Waals surface area contributed by atoms with Crippen LogP contribution in [0.3, 0.4) is 0 Å². The Labute approximate surface area is 195 Å². The largest absolute Gasteiger partial charge is 0.481 e. The van der Waals surface area contributed by atoms with Crippen molar-refractivity contribution in [1.29, 1.82) is 0 Å². The van der Waals surface area contributed by atoms with E-state index in [-0.39, 0.29) is 6.61 Å². The summed E-state index contributed by atoms with van der Waals surface area (Å²) in [5, 5.41) is 15.7. The van der Waals surface area contributed by atoms with Gasteiger partial charge in [0.2, 0.25) is 23.4 Å². The Morgan fingerprint density at radius 1 is 0.941 bits per heavy atom. The number of Topliss-reactive ketones (excluding diaryl/α,β-unsaturated/α-hetero) is 2. The number of halogens is 1. The second kappa shape index (κ2) is 13.7. The van der Waals surface area contributed by atoms with Crippen molar-refractivity contribution in [2.75, 3.05) is 6.67 Å². The van der Waals surface area contributed by atoms with Gasteiger partial charge >= 0.3 is 12.1 Å². The van der Waals surface area contributed by atoms with Gasteiger partial charge < -0.3 is 25.8 Å². The van der Waals surface area contributed by atoms with Crippen molar-refractivity contribution in [2.45, 2.75) is 51.9 Å². The predicted octanol–water partition coefficient (Wildman–Crippen LogP) is 0.509. The maximum atomic E-state index is 12.6. The fraction of sp³-hybridized carbons (Fsp3) is 0.455. The highest BCUT2D eigenvalue weighted by Crippen LogP contribution is 2.06. The van der Waals surface area contributed by atoms with Gasteiger partial charge in [0, 0.05) is 0 Å². The van der Waals surface area contributed by atoms with Crippen LogP contribution in [0.25, 0.3) is 0 Å². The van der Waals surface area contributed by atoms with Crippen LogP contribution in [-0.4, -0.2) is 65.4 Å². The van der Waals surface area contributed by atoms with Crippen molar-refractivity contribution in [2.24, 2.45) is 5.92 Å². The van der Waals surface area contributed by atoms with Crippen molar-refractivity contribution in [3.8, 4) is 0 Å². The summed E-state index contributed by atoms with van der Waals surface area (Å²) >= 11 is 0. The fourth-order valence-corrected chi connectivity index (χ4v) is 2.74. The Kier molecular flexibility index (Phi) is 11.3. The molecule has 0 aliphatic carbocycles. The Balaban J connectivity index is 2.73. The molecule has 3 amide bonds. The highest BCUT2D eigenvalue weighted by atomic mass is 19.1. The molecule has 0 saturated carbocycles. The quantitative estimate of drug-likeness (QED) is 0.296. The number of ketones is 2. The number of amides is 3. The van der Waals surface area contributed by atoms with Crippen molar-refractivity contribution < 1.29 is 43.0 Å². The summed E-state index contributed by atoms with van der Waals surface area (Å²) in [4.78, 5) is 71.2. The molecule has 0 fully saturated rings. The van der Waals surface area contributed by atoms with E-state index >= 15 is 0 Å². The molecule has 1 aromatic carbocycles. The van der Waals surface area contributed by atoms with E-state index in [9.17, 15) is 33.2 Å². The maximum absolute atomic E-state index is 12.6. The minimum Gasteiger partial charge on any atom is -0.481 e. The molecule has 3 atom stereocenters. The summed E-state index contributed by atoms with van der Waals surface area (Å²) in [7, 11) is 0. The average Bonchev–Trinajstić information content (AvgIpc) is 2.79. The van der Waals surface area contributed by atoms with Crippen molar-refractivity contribution in [3.63, 3.8) is 0 Å². The van der Waals surface area contributed by atoms with Crippen molar-refractivity contribution in [1.82, 2.24) is 16.0 Å². The van der Waals surface area contributed by atoms with E-state index in [1.807, 2.05) is 5.32 Å². The molecule has 4 N–H and O–H groups in total. The first-order valence-electron chi connectivity index (χ1n) is 10.4. The number of alkyl halides is 1. The van der Waals surface area contributed by atoms with Gasteiger partial charge in [0.25, 0.3) is 0 Å². The van der Waals surface area contributed by atoms with Crippen molar-refractivity contribution in [3.05, 3.63) is 35.9 Å². The van der Waals surface area contributed by atoms with E-state index < -0.39 is 72.6 Å². The maximum Gasteiger partial charge on any atom is 0.408 e. The van der Waals surface area contributed by atoms with Crippen LogP contribution in [0.2, 0.25) is 0 Å². The molecule has 0 aromatic heterocycles. The molecule has 11 nitrogen and oxygen atoms in total.